The van der Waals surface area contributed by atoms with Crippen LogP contribution in [0.1, 0.15) is 50.9 Å². The Kier molecular flexibility index (Phi) is 7.76. The first-order chi connectivity index (χ1) is 12.4. The number of aromatic nitrogens is 2. The van der Waals surface area contributed by atoms with E-state index in [0.29, 0.717) is 25.5 Å². The zero-order valence-electron chi connectivity index (χ0n) is 15.9. The molecule has 2 rings (SSSR count). The number of halogens is 1. The van der Waals surface area contributed by atoms with Crippen LogP contribution < -0.4 is 0 Å². The van der Waals surface area contributed by atoms with Gasteiger partial charge in [0.1, 0.15) is 5.76 Å². The second-order valence-electron chi connectivity index (χ2n) is 6.83. The summed E-state index contributed by atoms with van der Waals surface area (Å²) >= 11 is 6.32. The average molecular weight is 381 g/mol. The van der Waals surface area contributed by atoms with E-state index in [9.17, 15) is 4.79 Å². The summed E-state index contributed by atoms with van der Waals surface area (Å²) in [7, 11) is 0. The van der Waals surface area contributed by atoms with Gasteiger partial charge in [0.05, 0.1) is 30.6 Å². The highest BCUT2D eigenvalue weighted by Gasteiger charge is 2.18. The number of carbonyl (C=O) groups is 1. The summed E-state index contributed by atoms with van der Waals surface area (Å²) in [6, 6.07) is 1.94. The molecule has 1 N–H and O–H groups in total. The van der Waals surface area contributed by atoms with E-state index in [1.165, 1.54) is 0 Å². The van der Waals surface area contributed by atoms with E-state index in [4.69, 9.17) is 21.4 Å². The monoisotopic (exact) mass is 380 g/mol. The van der Waals surface area contributed by atoms with Gasteiger partial charge in [-0.15, -0.1) is 11.6 Å². The van der Waals surface area contributed by atoms with E-state index in [1.54, 1.807) is 0 Å². The Morgan fingerprint density at radius 3 is 2.85 bits per heavy atom. The molecule has 1 aromatic rings. The fourth-order valence-electron chi connectivity index (χ4n) is 2.99. The number of ether oxygens (including phenoxy) is 1. The van der Waals surface area contributed by atoms with Crippen molar-refractivity contribution in [3.05, 3.63) is 40.9 Å². The van der Waals surface area contributed by atoms with Gasteiger partial charge in [-0.3, -0.25) is 9.48 Å². The van der Waals surface area contributed by atoms with Gasteiger partial charge >= 0.3 is 5.97 Å². The number of hydrogen-bond donors (Lipinski definition) is 1. The Morgan fingerprint density at radius 1 is 1.46 bits per heavy atom. The van der Waals surface area contributed by atoms with Crippen LogP contribution in [0.4, 0.5) is 0 Å². The van der Waals surface area contributed by atoms with Crippen molar-refractivity contribution in [1.82, 2.24) is 9.78 Å². The lowest BCUT2D eigenvalue weighted by atomic mass is 10.0. The van der Waals surface area contributed by atoms with Gasteiger partial charge < -0.3 is 9.84 Å². The summed E-state index contributed by atoms with van der Waals surface area (Å²) < 4.78 is 8.00. The van der Waals surface area contributed by atoms with Crippen LogP contribution in [0.5, 0.6) is 0 Å². The van der Waals surface area contributed by atoms with Crippen molar-refractivity contribution in [2.24, 2.45) is 5.92 Å². The first kappa shape index (κ1) is 20.6. The minimum absolute atomic E-state index is 0.0344. The molecule has 0 spiro atoms. The lowest BCUT2D eigenvalue weighted by Crippen LogP contribution is -2.16. The third-order valence-corrected chi connectivity index (χ3v) is 5.11. The summed E-state index contributed by atoms with van der Waals surface area (Å²) in [5.41, 5.74) is 2.84. The molecule has 1 aliphatic rings. The molecule has 5 nitrogen and oxygen atoms in total. The highest BCUT2D eigenvalue weighted by Crippen LogP contribution is 2.26. The molecular formula is C20H29ClN2O3. The first-order valence-electron chi connectivity index (χ1n) is 9.36. The molecule has 0 saturated heterocycles. The smallest absolute Gasteiger partial charge is 0.303 e. The molecule has 0 fully saturated rings. The number of nitrogens with zero attached hydrogens (tertiary/aromatic N) is 2. The molecule has 0 aliphatic heterocycles. The van der Waals surface area contributed by atoms with Crippen molar-refractivity contribution in [1.29, 1.82) is 0 Å². The van der Waals surface area contributed by atoms with Crippen molar-refractivity contribution in [2.75, 3.05) is 6.61 Å². The minimum atomic E-state index is -0.808. The normalized spacial score (nSPS) is 17.2. The third-order valence-electron chi connectivity index (χ3n) is 4.80. The van der Waals surface area contributed by atoms with Crippen molar-refractivity contribution in [2.45, 2.75) is 64.8 Å². The molecule has 0 radical (unpaired) electrons. The molecule has 1 unspecified atom stereocenters. The second kappa shape index (κ2) is 9.81. The van der Waals surface area contributed by atoms with E-state index in [2.05, 4.69) is 25.0 Å². The van der Waals surface area contributed by atoms with E-state index >= 15 is 0 Å². The SMILES string of the molecule is CCC(CC)COC1=CCC(Cl)C=C1Cn1nc(CCC(=O)O)cc1C. The first-order valence-corrected chi connectivity index (χ1v) is 9.79. The van der Waals surface area contributed by atoms with E-state index in [1.807, 2.05) is 23.7 Å². The zero-order chi connectivity index (χ0) is 19.1. The summed E-state index contributed by atoms with van der Waals surface area (Å²) in [5, 5.41) is 13.4. The third kappa shape index (κ3) is 5.90. The lowest BCUT2D eigenvalue weighted by molar-refractivity contribution is -0.136. The fraction of sp³-hybridized carbons (Fsp3) is 0.600. The Balaban J connectivity index is 2.07. The number of aryl methyl sites for hydroxylation is 2. The van der Waals surface area contributed by atoms with Crippen LogP contribution in [0.2, 0.25) is 0 Å². The van der Waals surface area contributed by atoms with Gasteiger partial charge in [0, 0.05) is 17.7 Å². The highest BCUT2D eigenvalue weighted by molar-refractivity contribution is 6.22. The quantitative estimate of drug-likeness (QED) is 0.607. The van der Waals surface area contributed by atoms with Crippen molar-refractivity contribution in [3.63, 3.8) is 0 Å². The van der Waals surface area contributed by atoms with Gasteiger partial charge in [-0.2, -0.15) is 5.10 Å². The van der Waals surface area contributed by atoms with Gasteiger partial charge in [-0.05, 0) is 31.4 Å². The van der Waals surface area contributed by atoms with Crippen molar-refractivity contribution >= 4 is 17.6 Å². The molecule has 144 valence electrons. The largest absolute Gasteiger partial charge is 0.493 e. The predicted octanol–water partition coefficient (Wildman–Crippen LogP) is 4.48. The number of alkyl halides is 1. The molecule has 6 heteroatoms. The Morgan fingerprint density at radius 2 is 2.19 bits per heavy atom. The maximum Gasteiger partial charge on any atom is 0.303 e. The number of rotatable bonds is 10. The van der Waals surface area contributed by atoms with Gasteiger partial charge in [-0.1, -0.05) is 32.8 Å². The van der Waals surface area contributed by atoms with Crippen molar-refractivity contribution < 1.29 is 14.6 Å². The molecule has 1 aliphatic carbocycles. The Hall–Kier alpha value is -1.75. The van der Waals surface area contributed by atoms with E-state index in [0.717, 1.165) is 42.0 Å². The molecule has 0 amide bonds. The van der Waals surface area contributed by atoms with Gasteiger partial charge in [0.25, 0.3) is 0 Å². The van der Waals surface area contributed by atoms with Crippen LogP contribution in [-0.4, -0.2) is 32.8 Å². The molecule has 26 heavy (non-hydrogen) atoms. The van der Waals surface area contributed by atoms with Gasteiger partial charge in [-0.25, -0.2) is 0 Å². The summed E-state index contributed by atoms with van der Waals surface area (Å²) in [6.07, 6.45) is 7.62. The number of carboxylic acid groups (broad SMARTS) is 1. The standard InChI is InChI=1S/C20H29ClN2O3/c1-4-15(5-2)13-26-19-8-6-17(21)11-16(19)12-23-14(3)10-18(22-23)7-9-20(24)25/h8,10-11,15,17H,4-7,9,12-13H2,1-3H3,(H,24,25). The number of hydrogen-bond acceptors (Lipinski definition) is 3. The average Bonchev–Trinajstić information content (AvgIpc) is 2.95. The van der Waals surface area contributed by atoms with E-state index in [-0.39, 0.29) is 11.8 Å². The van der Waals surface area contributed by atoms with Crippen LogP contribution in [0.3, 0.4) is 0 Å². The highest BCUT2D eigenvalue weighted by atomic mass is 35.5. The maximum atomic E-state index is 10.8. The topological polar surface area (TPSA) is 64.4 Å². The lowest BCUT2D eigenvalue weighted by Gasteiger charge is -2.22. The van der Waals surface area contributed by atoms with Gasteiger partial charge in [0.15, 0.2) is 0 Å². The summed E-state index contributed by atoms with van der Waals surface area (Å²) in [5.74, 6) is 0.646. The van der Waals surface area contributed by atoms with Crippen LogP contribution in [-0.2, 0) is 22.5 Å². The molecule has 0 bridgehead atoms. The zero-order valence-corrected chi connectivity index (χ0v) is 16.6. The molecule has 1 aromatic heterocycles. The minimum Gasteiger partial charge on any atom is -0.493 e. The van der Waals surface area contributed by atoms with Crippen LogP contribution >= 0.6 is 11.6 Å². The summed E-state index contributed by atoms with van der Waals surface area (Å²) in [6.45, 7) is 7.64. The molecule has 0 saturated carbocycles. The molecule has 1 heterocycles. The second-order valence-corrected chi connectivity index (χ2v) is 7.39. The maximum absolute atomic E-state index is 10.8. The molecule has 0 aromatic carbocycles. The van der Waals surface area contributed by atoms with Crippen LogP contribution in [0.15, 0.2) is 29.6 Å². The van der Waals surface area contributed by atoms with E-state index < -0.39 is 5.97 Å². The summed E-state index contributed by atoms with van der Waals surface area (Å²) in [4.78, 5) is 10.8. The number of carboxylic acids is 1. The predicted molar refractivity (Wildman–Crippen MR) is 103 cm³/mol. The van der Waals surface area contributed by atoms with Crippen LogP contribution in [0.25, 0.3) is 0 Å². The van der Waals surface area contributed by atoms with Crippen molar-refractivity contribution in [3.8, 4) is 0 Å². The Bertz CT molecular complexity index is 675. The molecular weight excluding hydrogens is 352 g/mol. The molecule has 1 atom stereocenters. The van der Waals surface area contributed by atoms with Gasteiger partial charge in [0.2, 0.25) is 0 Å². The fourth-order valence-corrected chi connectivity index (χ4v) is 3.23. The van der Waals surface area contributed by atoms with Crippen LogP contribution in [0, 0.1) is 12.8 Å². The number of aliphatic carboxylic acids is 1. The number of allylic oxidation sites excluding steroid dienone is 3. The Labute approximate surface area is 160 Å².